The second kappa shape index (κ2) is 5.42. The van der Waals surface area contributed by atoms with Crippen molar-refractivity contribution in [1.29, 1.82) is 0 Å². The van der Waals surface area contributed by atoms with Crippen LogP contribution in [0, 0.1) is 5.82 Å². The van der Waals surface area contributed by atoms with Crippen LogP contribution in [-0.4, -0.2) is 11.0 Å². The molecular weight excluding hydrogens is 233 g/mol. The normalized spacial score (nSPS) is 11.9. The number of aliphatic hydroxyl groups is 1. The standard InChI is InChI=1S/C14H12FNO2/c15-11-6-4-5-10(9-11)13(17)14(18)16-12-7-2-1-3-8-12/h1-9,13,17H,(H,16,18). The second-order valence-electron chi connectivity index (χ2n) is 3.81. The summed E-state index contributed by atoms with van der Waals surface area (Å²) >= 11 is 0. The Morgan fingerprint density at radius 3 is 2.50 bits per heavy atom. The van der Waals surface area contributed by atoms with Gasteiger partial charge in [0.15, 0.2) is 6.10 Å². The Morgan fingerprint density at radius 1 is 1.11 bits per heavy atom. The molecule has 0 saturated heterocycles. The zero-order chi connectivity index (χ0) is 13.0. The summed E-state index contributed by atoms with van der Waals surface area (Å²) in [6, 6.07) is 14.1. The van der Waals surface area contributed by atoms with Gasteiger partial charge in [0.25, 0.3) is 5.91 Å². The third kappa shape index (κ3) is 2.93. The summed E-state index contributed by atoms with van der Waals surface area (Å²) in [4.78, 5) is 11.7. The van der Waals surface area contributed by atoms with Crippen molar-refractivity contribution in [3.8, 4) is 0 Å². The van der Waals surface area contributed by atoms with Crippen molar-refractivity contribution in [2.24, 2.45) is 0 Å². The number of para-hydroxylation sites is 1. The summed E-state index contributed by atoms with van der Waals surface area (Å²) in [5.74, 6) is -1.08. The van der Waals surface area contributed by atoms with Crippen LogP contribution in [0.25, 0.3) is 0 Å². The van der Waals surface area contributed by atoms with E-state index in [-0.39, 0.29) is 5.56 Å². The summed E-state index contributed by atoms with van der Waals surface area (Å²) in [6.45, 7) is 0. The van der Waals surface area contributed by atoms with Crippen molar-refractivity contribution in [3.63, 3.8) is 0 Å². The lowest BCUT2D eigenvalue weighted by Gasteiger charge is -2.11. The Labute approximate surface area is 104 Å². The van der Waals surface area contributed by atoms with E-state index in [4.69, 9.17) is 0 Å². The van der Waals surface area contributed by atoms with Gasteiger partial charge >= 0.3 is 0 Å². The molecule has 4 heteroatoms. The van der Waals surface area contributed by atoms with Crippen LogP contribution in [0.15, 0.2) is 54.6 Å². The van der Waals surface area contributed by atoms with E-state index in [1.165, 1.54) is 18.2 Å². The summed E-state index contributed by atoms with van der Waals surface area (Å²) in [7, 11) is 0. The first-order valence-corrected chi connectivity index (χ1v) is 5.46. The number of rotatable bonds is 3. The van der Waals surface area contributed by atoms with Crippen LogP contribution < -0.4 is 5.32 Å². The SMILES string of the molecule is O=C(Nc1ccccc1)C(O)c1cccc(F)c1. The van der Waals surface area contributed by atoms with Gasteiger partial charge in [0.05, 0.1) is 0 Å². The molecule has 0 aliphatic rings. The molecule has 18 heavy (non-hydrogen) atoms. The minimum atomic E-state index is -1.39. The minimum absolute atomic E-state index is 0.225. The van der Waals surface area contributed by atoms with Crippen molar-refractivity contribution in [2.75, 3.05) is 5.32 Å². The Morgan fingerprint density at radius 2 is 1.83 bits per heavy atom. The highest BCUT2D eigenvalue weighted by Gasteiger charge is 2.17. The highest BCUT2D eigenvalue weighted by Crippen LogP contribution is 2.16. The number of nitrogens with one attached hydrogen (secondary N) is 1. The van der Waals surface area contributed by atoms with Crippen LogP contribution >= 0.6 is 0 Å². The predicted molar refractivity (Wildman–Crippen MR) is 66.4 cm³/mol. The molecule has 92 valence electrons. The highest BCUT2D eigenvalue weighted by atomic mass is 19.1. The Balaban J connectivity index is 2.10. The third-order valence-corrected chi connectivity index (χ3v) is 2.45. The van der Waals surface area contributed by atoms with Crippen LogP contribution in [0.2, 0.25) is 0 Å². The first-order chi connectivity index (χ1) is 8.66. The van der Waals surface area contributed by atoms with E-state index >= 15 is 0 Å². The molecule has 1 unspecified atom stereocenters. The van der Waals surface area contributed by atoms with E-state index < -0.39 is 17.8 Å². The number of halogens is 1. The largest absolute Gasteiger partial charge is 0.378 e. The number of amides is 1. The van der Waals surface area contributed by atoms with Gasteiger partial charge < -0.3 is 10.4 Å². The number of aliphatic hydroxyl groups excluding tert-OH is 1. The maximum absolute atomic E-state index is 13.0. The average molecular weight is 245 g/mol. The second-order valence-corrected chi connectivity index (χ2v) is 3.81. The van der Waals surface area contributed by atoms with Gasteiger partial charge in [0.2, 0.25) is 0 Å². The van der Waals surface area contributed by atoms with Crippen molar-refractivity contribution in [1.82, 2.24) is 0 Å². The van der Waals surface area contributed by atoms with Gasteiger partial charge in [0, 0.05) is 5.69 Å². The molecule has 0 aliphatic heterocycles. The Bertz CT molecular complexity index is 543. The van der Waals surface area contributed by atoms with E-state index in [1.54, 1.807) is 24.3 Å². The number of carbonyl (C=O) groups is 1. The zero-order valence-electron chi connectivity index (χ0n) is 9.51. The van der Waals surface area contributed by atoms with E-state index in [0.717, 1.165) is 6.07 Å². The highest BCUT2D eigenvalue weighted by molar-refractivity contribution is 5.94. The fraction of sp³-hybridized carbons (Fsp3) is 0.0714. The summed E-state index contributed by atoms with van der Waals surface area (Å²) in [5.41, 5.74) is 0.807. The van der Waals surface area contributed by atoms with Crippen LogP contribution in [-0.2, 0) is 4.79 Å². The van der Waals surface area contributed by atoms with Gasteiger partial charge in [-0.05, 0) is 29.8 Å². The van der Waals surface area contributed by atoms with Crippen molar-refractivity contribution in [3.05, 3.63) is 66.0 Å². The van der Waals surface area contributed by atoms with Gasteiger partial charge in [-0.25, -0.2) is 4.39 Å². The molecule has 0 heterocycles. The fourth-order valence-electron chi connectivity index (χ4n) is 1.56. The molecule has 0 aliphatic carbocycles. The molecule has 2 aromatic rings. The van der Waals surface area contributed by atoms with Crippen LogP contribution in [0.1, 0.15) is 11.7 Å². The quantitative estimate of drug-likeness (QED) is 0.872. The van der Waals surface area contributed by atoms with Gasteiger partial charge in [0.1, 0.15) is 5.82 Å². The predicted octanol–water partition coefficient (Wildman–Crippen LogP) is 2.50. The third-order valence-electron chi connectivity index (χ3n) is 2.45. The summed E-state index contributed by atoms with van der Waals surface area (Å²) in [5, 5.41) is 12.3. The summed E-state index contributed by atoms with van der Waals surface area (Å²) < 4.78 is 13.0. The molecule has 0 saturated carbocycles. The summed E-state index contributed by atoms with van der Waals surface area (Å²) in [6.07, 6.45) is -1.39. The maximum Gasteiger partial charge on any atom is 0.257 e. The number of benzene rings is 2. The van der Waals surface area contributed by atoms with Gasteiger partial charge in [-0.2, -0.15) is 0 Å². The monoisotopic (exact) mass is 245 g/mol. The van der Waals surface area contributed by atoms with E-state index in [2.05, 4.69) is 5.32 Å². The molecule has 0 radical (unpaired) electrons. The first kappa shape index (κ1) is 12.3. The van der Waals surface area contributed by atoms with Crippen molar-refractivity contribution in [2.45, 2.75) is 6.10 Å². The zero-order valence-corrected chi connectivity index (χ0v) is 9.51. The van der Waals surface area contributed by atoms with E-state index in [9.17, 15) is 14.3 Å². The van der Waals surface area contributed by atoms with Gasteiger partial charge in [-0.1, -0.05) is 30.3 Å². The molecule has 2 rings (SSSR count). The van der Waals surface area contributed by atoms with Crippen LogP contribution in [0.3, 0.4) is 0 Å². The van der Waals surface area contributed by atoms with Crippen molar-refractivity contribution < 1.29 is 14.3 Å². The minimum Gasteiger partial charge on any atom is -0.378 e. The molecule has 0 aromatic heterocycles. The van der Waals surface area contributed by atoms with Crippen LogP contribution in [0.5, 0.6) is 0 Å². The fourth-order valence-corrected chi connectivity index (χ4v) is 1.56. The lowest BCUT2D eigenvalue weighted by Crippen LogP contribution is -2.20. The molecule has 2 N–H and O–H groups in total. The molecule has 1 amide bonds. The molecule has 0 spiro atoms. The number of hydrogen-bond acceptors (Lipinski definition) is 2. The topological polar surface area (TPSA) is 49.3 Å². The number of carbonyl (C=O) groups excluding carboxylic acids is 1. The number of anilines is 1. The first-order valence-electron chi connectivity index (χ1n) is 5.46. The lowest BCUT2D eigenvalue weighted by atomic mass is 10.1. The molecule has 1 atom stereocenters. The lowest BCUT2D eigenvalue weighted by molar-refractivity contribution is -0.124. The molecule has 2 aromatic carbocycles. The Kier molecular flexibility index (Phi) is 3.69. The molecular formula is C14H12FNO2. The average Bonchev–Trinajstić information content (AvgIpc) is 2.39. The van der Waals surface area contributed by atoms with Gasteiger partial charge in [-0.15, -0.1) is 0 Å². The Hall–Kier alpha value is -2.20. The number of hydrogen-bond donors (Lipinski definition) is 2. The molecule has 0 fully saturated rings. The van der Waals surface area contributed by atoms with Crippen molar-refractivity contribution >= 4 is 11.6 Å². The molecule has 0 bridgehead atoms. The van der Waals surface area contributed by atoms with E-state index in [1.807, 2.05) is 6.07 Å². The maximum atomic E-state index is 13.0. The van der Waals surface area contributed by atoms with E-state index in [0.29, 0.717) is 5.69 Å². The van der Waals surface area contributed by atoms with Gasteiger partial charge in [-0.3, -0.25) is 4.79 Å². The van der Waals surface area contributed by atoms with Crippen LogP contribution in [0.4, 0.5) is 10.1 Å². The smallest absolute Gasteiger partial charge is 0.257 e. The molecule has 3 nitrogen and oxygen atoms in total.